The maximum atomic E-state index is 12.0. The van der Waals surface area contributed by atoms with Gasteiger partial charge in [-0.25, -0.2) is 0 Å². The third-order valence-electron chi connectivity index (χ3n) is 2.66. The highest BCUT2D eigenvalue weighted by Crippen LogP contribution is 2.25. The number of amides is 1. The lowest BCUT2D eigenvalue weighted by atomic mass is 10.00. The fourth-order valence-corrected chi connectivity index (χ4v) is 2.24. The number of aliphatic hydroxyl groups excluding tert-OH is 1. The Morgan fingerprint density at radius 2 is 2.25 bits per heavy atom. The molecular weight excluding hydrogens is 293 g/mol. The zero-order chi connectivity index (χ0) is 11.7. The molecule has 0 radical (unpaired) electrons. The van der Waals surface area contributed by atoms with Crippen LogP contribution in [0.4, 0.5) is 0 Å². The van der Waals surface area contributed by atoms with E-state index >= 15 is 0 Å². The lowest BCUT2D eigenvalue weighted by molar-refractivity contribution is 0.0362. The molecule has 0 saturated carbocycles. The van der Waals surface area contributed by atoms with Gasteiger partial charge in [-0.15, -0.1) is 0 Å². The Morgan fingerprint density at radius 3 is 2.88 bits per heavy atom. The van der Waals surface area contributed by atoms with Crippen molar-refractivity contribution in [3.63, 3.8) is 0 Å². The number of halogens is 2. The molecule has 1 aromatic carbocycles. The minimum Gasteiger partial charge on any atom is -0.396 e. The molecule has 0 atom stereocenters. The molecule has 1 aliphatic rings. The maximum absolute atomic E-state index is 12.0. The number of rotatable bonds is 2. The molecule has 3 nitrogen and oxygen atoms in total. The van der Waals surface area contributed by atoms with Crippen LogP contribution in [0.2, 0.25) is 5.02 Å². The van der Waals surface area contributed by atoms with E-state index in [1.54, 1.807) is 23.1 Å². The second-order valence-corrected chi connectivity index (χ2v) is 5.21. The molecule has 16 heavy (non-hydrogen) atoms. The summed E-state index contributed by atoms with van der Waals surface area (Å²) in [4.78, 5) is 13.7. The fraction of sp³-hybridized carbons (Fsp3) is 0.364. The molecule has 1 N–H and O–H groups in total. The van der Waals surface area contributed by atoms with E-state index in [1.807, 2.05) is 0 Å². The van der Waals surface area contributed by atoms with Gasteiger partial charge in [-0.05, 0) is 18.2 Å². The number of carbonyl (C=O) groups excluding carboxylic acids is 1. The van der Waals surface area contributed by atoms with Gasteiger partial charge in [0.2, 0.25) is 0 Å². The average Bonchev–Trinajstić information content (AvgIpc) is 2.20. The van der Waals surface area contributed by atoms with Crippen LogP contribution in [0.3, 0.4) is 0 Å². The molecule has 0 bridgehead atoms. The molecule has 86 valence electrons. The summed E-state index contributed by atoms with van der Waals surface area (Å²) in [5, 5.41) is 9.34. The van der Waals surface area contributed by atoms with Crippen molar-refractivity contribution in [1.29, 1.82) is 0 Å². The number of hydrogen-bond acceptors (Lipinski definition) is 2. The summed E-state index contributed by atoms with van der Waals surface area (Å²) in [6.07, 6.45) is 0. The van der Waals surface area contributed by atoms with Gasteiger partial charge >= 0.3 is 0 Å². The smallest absolute Gasteiger partial charge is 0.255 e. The largest absolute Gasteiger partial charge is 0.396 e. The Hall–Kier alpha value is -0.580. The first-order valence-corrected chi connectivity index (χ1v) is 6.14. The van der Waals surface area contributed by atoms with Crippen molar-refractivity contribution in [2.75, 3.05) is 19.7 Å². The van der Waals surface area contributed by atoms with Crippen molar-refractivity contribution in [3.8, 4) is 0 Å². The van der Waals surface area contributed by atoms with Gasteiger partial charge in [0, 0.05) is 30.1 Å². The van der Waals surface area contributed by atoms with Crippen LogP contribution in [0, 0.1) is 5.92 Å². The van der Waals surface area contributed by atoms with E-state index in [9.17, 15) is 4.79 Å². The molecule has 1 amide bonds. The van der Waals surface area contributed by atoms with E-state index in [-0.39, 0.29) is 18.4 Å². The highest BCUT2D eigenvalue weighted by molar-refractivity contribution is 9.10. The Morgan fingerprint density at radius 1 is 1.56 bits per heavy atom. The predicted octanol–water partition coefficient (Wildman–Crippen LogP) is 2.17. The summed E-state index contributed by atoms with van der Waals surface area (Å²) in [5.41, 5.74) is 0.507. The first-order valence-electron chi connectivity index (χ1n) is 4.97. The first kappa shape index (κ1) is 11.9. The number of aliphatic hydroxyl groups is 1. The van der Waals surface area contributed by atoms with Gasteiger partial charge in [0.15, 0.2) is 0 Å². The minimum atomic E-state index is -0.0731. The van der Waals surface area contributed by atoms with E-state index in [0.29, 0.717) is 23.7 Å². The van der Waals surface area contributed by atoms with Gasteiger partial charge in [-0.2, -0.15) is 0 Å². The Balaban J connectivity index is 2.13. The van der Waals surface area contributed by atoms with Crippen LogP contribution >= 0.6 is 27.5 Å². The maximum Gasteiger partial charge on any atom is 0.255 e. The van der Waals surface area contributed by atoms with E-state index in [0.717, 1.165) is 4.47 Å². The zero-order valence-electron chi connectivity index (χ0n) is 8.49. The van der Waals surface area contributed by atoms with Gasteiger partial charge in [-0.3, -0.25) is 4.79 Å². The molecule has 0 unspecified atom stereocenters. The number of nitrogens with zero attached hydrogens (tertiary/aromatic N) is 1. The lowest BCUT2D eigenvalue weighted by Gasteiger charge is -2.38. The normalized spacial score (nSPS) is 16.1. The molecule has 1 saturated heterocycles. The van der Waals surface area contributed by atoms with Crippen LogP contribution in [-0.4, -0.2) is 35.6 Å². The van der Waals surface area contributed by atoms with Crippen molar-refractivity contribution >= 4 is 33.4 Å². The standard InChI is InChI=1S/C11H11BrClNO2/c12-8-1-2-10(13)9(3-8)11(16)14-4-7(5-14)6-15/h1-3,7,15H,4-6H2. The topological polar surface area (TPSA) is 40.5 Å². The summed E-state index contributed by atoms with van der Waals surface area (Å²) in [5.74, 6) is 0.144. The molecule has 5 heteroatoms. The first-order chi connectivity index (χ1) is 7.61. The van der Waals surface area contributed by atoms with Crippen molar-refractivity contribution in [3.05, 3.63) is 33.3 Å². The molecule has 0 aliphatic carbocycles. The number of carbonyl (C=O) groups is 1. The molecule has 1 heterocycles. The second-order valence-electron chi connectivity index (χ2n) is 3.88. The monoisotopic (exact) mass is 303 g/mol. The summed E-state index contributed by atoms with van der Waals surface area (Å²) in [6, 6.07) is 5.21. The van der Waals surface area contributed by atoms with E-state index in [2.05, 4.69) is 15.9 Å². The van der Waals surface area contributed by atoms with Gasteiger partial charge in [0.1, 0.15) is 0 Å². The highest BCUT2D eigenvalue weighted by Gasteiger charge is 2.31. The van der Waals surface area contributed by atoms with Crippen LogP contribution in [0.25, 0.3) is 0 Å². The quantitative estimate of drug-likeness (QED) is 0.909. The molecule has 0 spiro atoms. The van der Waals surface area contributed by atoms with E-state index in [1.165, 1.54) is 0 Å². The third-order valence-corrected chi connectivity index (χ3v) is 3.48. The van der Waals surface area contributed by atoms with Gasteiger partial charge in [0.25, 0.3) is 5.91 Å². The molecular formula is C11H11BrClNO2. The number of benzene rings is 1. The Kier molecular flexibility index (Phi) is 3.52. The predicted molar refractivity (Wildman–Crippen MR) is 65.6 cm³/mol. The van der Waals surface area contributed by atoms with Gasteiger partial charge in [-0.1, -0.05) is 27.5 Å². The number of hydrogen-bond donors (Lipinski definition) is 1. The van der Waals surface area contributed by atoms with Crippen molar-refractivity contribution < 1.29 is 9.90 Å². The van der Waals surface area contributed by atoms with Crippen LogP contribution in [0.5, 0.6) is 0 Å². The summed E-state index contributed by atoms with van der Waals surface area (Å²) in [6.45, 7) is 1.35. The zero-order valence-corrected chi connectivity index (χ0v) is 10.8. The van der Waals surface area contributed by atoms with Crippen molar-refractivity contribution in [1.82, 2.24) is 4.90 Å². The summed E-state index contributed by atoms with van der Waals surface area (Å²) in [7, 11) is 0. The van der Waals surface area contributed by atoms with Crippen LogP contribution in [0.1, 0.15) is 10.4 Å². The number of likely N-dealkylation sites (tertiary alicyclic amines) is 1. The lowest BCUT2D eigenvalue weighted by Crippen LogP contribution is -2.51. The Bertz CT molecular complexity index is 418. The average molecular weight is 305 g/mol. The van der Waals surface area contributed by atoms with Crippen molar-refractivity contribution in [2.24, 2.45) is 5.92 Å². The SMILES string of the molecule is O=C(c1cc(Br)ccc1Cl)N1CC(CO)C1. The minimum absolute atomic E-state index is 0.0731. The molecule has 1 aliphatic heterocycles. The molecule has 2 rings (SSSR count). The van der Waals surface area contributed by atoms with Crippen molar-refractivity contribution in [2.45, 2.75) is 0 Å². The molecule has 1 aromatic rings. The van der Waals surface area contributed by atoms with Crippen LogP contribution in [-0.2, 0) is 0 Å². The second kappa shape index (κ2) is 4.73. The highest BCUT2D eigenvalue weighted by atomic mass is 79.9. The molecule has 0 aromatic heterocycles. The van der Waals surface area contributed by atoms with E-state index < -0.39 is 0 Å². The van der Waals surface area contributed by atoms with Gasteiger partial charge in [0.05, 0.1) is 10.6 Å². The van der Waals surface area contributed by atoms with Crippen LogP contribution in [0.15, 0.2) is 22.7 Å². The molecule has 1 fully saturated rings. The summed E-state index contributed by atoms with van der Waals surface area (Å²) < 4.78 is 0.833. The van der Waals surface area contributed by atoms with E-state index in [4.69, 9.17) is 16.7 Å². The Labute approximate surface area is 107 Å². The van der Waals surface area contributed by atoms with Crippen LogP contribution < -0.4 is 0 Å². The van der Waals surface area contributed by atoms with Gasteiger partial charge < -0.3 is 10.0 Å². The fourth-order valence-electron chi connectivity index (χ4n) is 1.68. The third kappa shape index (κ3) is 2.24. The summed E-state index contributed by atoms with van der Waals surface area (Å²) >= 11 is 9.28.